The number of rotatable bonds is 4. The molecule has 0 saturated carbocycles. The molecule has 0 radical (unpaired) electrons. The fourth-order valence-corrected chi connectivity index (χ4v) is 3.17. The van der Waals surface area contributed by atoms with E-state index in [-0.39, 0.29) is 22.2 Å². The lowest BCUT2D eigenvalue weighted by molar-refractivity contribution is 0.0998. The molecular formula is C22H16FN5O4. The van der Waals surface area contributed by atoms with Gasteiger partial charge in [-0.25, -0.2) is 18.7 Å². The minimum absolute atomic E-state index is 0.0343. The van der Waals surface area contributed by atoms with Gasteiger partial charge in [-0.15, -0.1) is 0 Å². The van der Waals surface area contributed by atoms with E-state index in [2.05, 4.69) is 10.3 Å². The van der Waals surface area contributed by atoms with Crippen molar-refractivity contribution in [1.29, 1.82) is 0 Å². The summed E-state index contributed by atoms with van der Waals surface area (Å²) < 4.78 is 15.4. The Labute approximate surface area is 179 Å². The average molecular weight is 433 g/mol. The number of nitrogens with one attached hydrogen (secondary N) is 1. The molecule has 0 aliphatic rings. The minimum atomic E-state index is -0.659. The van der Waals surface area contributed by atoms with E-state index >= 15 is 0 Å². The average Bonchev–Trinajstić information content (AvgIpc) is 2.79. The van der Waals surface area contributed by atoms with E-state index in [1.165, 1.54) is 72.4 Å². The lowest BCUT2D eigenvalue weighted by Crippen LogP contribution is -2.38. The topological polar surface area (TPSA) is 129 Å². The highest BCUT2D eigenvalue weighted by molar-refractivity contribution is 6.05. The third kappa shape index (κ3) is 3.65. The van der Waals surface area contributed by atoms with E-state index in [9.17, 15) is 23.6 Å². The molecule has 9 nitrogen and oxygen atoms in total. The number of benzene rings is 2. The maximum Gasteiger partial charge on any atom is 0.337 e. The van der Waals surface area contributed by atoms with Gasteiger partial charge in [0.05, 0.1) is 16.6 Å². The van der Waals surface area contributed by atoms with Crippen LogP contribution in [0.4, 0.5) is 10.1 Å². The third-order valence-electron chi connectivity index (χ3n) is 4.87. The molecule has 32 heavy (non-hydrogen) atoms. The Hall–Kier alpha value is -4.60. The van der Waals surface area contributed by atoms with Gasteiger partial charge in [0.2, 0.25) is 5.91 Å². The summed E-state index contributed by atoms with van der Waals surface area (Å²) in [5.41, 5.74) is 5.04. The summed E-state index contributed by atoms with van der Waals surface area (Å²) >= 11 is 0. The first-order chi connectivity index (χ1) is 15.3. The van der Waals surface area contributed by atoms with Crippen LogP contribution in [0.5, 0.6) is 0 Å². The Morgan fingerprint density at radius 1 is 1.00 bits per heavy atom. The standard InChI is InChI=1S/C22H16FN5O4/c1-27-21(31)17-10-13(20(30)26-15-6-2-12(3-7-15)18(24)29)11-25-19(17)28(22(27)32)16-8-4-14(23)5-9-16/h2-11H,1H3,(H2,24,29)(H,26,30). The van der Waals surface area contributed by atoms with Crippen LogP contribution in [0.2, 0.25) is 0 Å². The number of anilines is 1. The van der Waals surface area contributed by atoms with E-state index in [0.29, 0.717) is 11.4 Å². The van der Waals surface area contributed by atoms with E-state index in [4.69, 9.17) is 5.73 Å². The molecule has 4 rings (SSSR count). The van der Waals surface area contributed by atoms with Crippen molar-refractivity contribution in [3.05, 3.63) is 98.6 Å². The van der Waals surface area contributed by atoms with Crippen LogP contribution >= 0.6 is 0 Å². The first kappa shape index (κ1) is 20.7. The second-order valence-corrected chi connectivity index (χ2v) is 6.95. The highest BCUT2D eigenvalue weighted by atomic mass is 19.1. The summed E-state index contributed by atoms with van der Waals surface area (Å²) in [5, 5.41) is 2.67. The Balaban J connectivity index is 1.78. The summed E-state index contributed by atoms with van der Waals surface area (Å²) in [5.74, 6) is -1.62. The fourth-order valence-electron chi connectivity index (χ4n) is 3.17. The van der Waals surface area contributed by atoms with Gasteiger partial charge in [-0.2, -0.15) is 0 Å². The van der Waals surface area contributed by atoms with Crippen molar-refractivity contribution in [1.82, 2.24) is 14.1 Å². The number of hydrogen-bond acceptors (Lipinski definition) is 5. The molecule has 2 aromatic carbocycles. The van der Waals surface area contributed by atoms with Gasteiger partial charge in [0, 0.05) is 24.5 Å². The molecule has 0 bridgehead atoms. The van der Waals surface area contributed by atoms with Crippen molar-refractivity contribution < 1.29 is 14.0 Å². The smallest absolute Gasteiger partial charge is 0.337 e. The maximum atomic E-state index is 13.3. The number of amides is 2. The quantitative estimate of drug-likeness (QED) is 0.505. The molecule has 0 aliphatic carbocycles. The molecule has 4 aromatic rings. The molecule has 0 aliphatic heterocycles. The SMILES string of the molecule is Cn1c(=O)c2cc(C(=O)Nc3ccc(C(N)=O)cc3)cnc2n(-c2ccc(F)cc2)c1=O. The highest BCUT2D eigenvalue weighted by Gasteiger charge is 2.16. The lowest BCUT2D eigenvalue weighted by Gasteiger charge is -2.12. The van der Waals surface area contributed by atoms with Crippen molar-refractivity contribution in [3.63, 3.8) is 0 Å². The Morgan fingerprint density at radius 3 is 2.28 bits per heavy atom. The molecule has 3 N–H and O–H groups in total. The van der Waals surface area contributed by atoms with Crippen molar-refractivity contribution in [2.24, 2.45) is 12.8 Å². The number of halogens is 1. The van der Waals surface area contributed by atoms with Crippen molar-refractivity contribution in [2.45, 2.75) is 0 Å². The Bertz CT molecular complexity index is 1490. The molecule has 2 heterocycles. The van der Waals surface area contributed by atoms with Gasteiger partial charge < -0.3 is 11.1 Å². The third-order valence-corrected chi connectivity index (χ3v) is 4.87. The second kappa shape index (κ2) is 7.91. The molecule has 2 aromatic heterocycles. The number of primary amides is 1. The molecule has 10 heteroatoms. The molecule has 0 fully saturated rings. The van der Waals surface area contributed by atoms with Crippen molar-refractivity contribution >= 4 is 28.5 Å². The van der Waals surface area contributed by atoms with Crippen LogP contribution in [0, 0.1) is 5.82 Å². The summed E-state index contributed by atoms with van der Waals surface area (Å²) in [7, 11) is 1.30. The molecule has 2 amide bonds. The number of aromatic nitrogens is 3. The number of nitrogens with two attached hydrogens (primary N) is 1. The lowest BCUT2D eigenvalue weighted by atomic mass is 10.1. The number of carbonyl (C=O) groups excluding carboxylic acids is 2. The first-order valence-corrected chi connectivity index (χ1v) is 9.35. The van der Waals surface area contributed by atoms with Crippen molar-refractivity contribution in [3.8, 4) is 5.69 Å². The number of pyridine rings is 1. The van der Waals surface area contributed by atoms with Crippen LogP contribution in [0.15, 0.2) is 70.4 Å². The normalized spacial score (nSPS) is 10.8. The van der Waals surface area contributed by atoms with Gasteiger partial charge in [-0.3, -0.25) is 19.0 Å². The monoisotopic (exact) mass is 433 g/mol. The Morgan fingerprint density at radius 2 is 1.66 bits per heavy atom. The van der Waals surface area contributed by atoms with E-state index in [0.717, 1.165) is 4.57 Å². The first-order valence-electron chi connectivity index (χ1n) is 9.35. The van der Waals surface area contributed by atoms with Crippen LogP contribution < -0.4 is 22.3 Å². The predicted molar refractivity (Wildman–Crippen MR) is 115 cm³/mol. The molecular weight excluding hydrogens is 417 g/mol. The Kier molecular flexibility index (Phi) is 5.11. The van der Waals surface area contributed by atoms with Crippen LogP contribution in [-0.4, -0.2) is 25.9 Å². The van der Waals surface area contributed by atoms with E-state index < -0.39 is 28.9 Å². The largest absolute Gasteiger partial charge is 0.366 e. The van der Waals surface area contributed by atoms with Crippen molar-refractivity contribution in [2.75, 3.05) is 5.32 Å². The summed E-state index contributed by atoms with van der Waals surface area (Å²) in [6.07, 6.45) is 1.23. The van der Waals surface area contributed by atoms with Crippen LogP contribution in [0.3, 0.4) is 0 Å². The maximum absolute atomic E-state index is 13.3. The van der Waals surface area contributed by atoms with Gasteiger partial charge in [0.1, 0.15) is 5.82 Å². The molecule has 0 atom stereocenters. The minimum Gasteiger partial charge on any atom is -0.366 e. The zero-order valence-corrected chi connectivity index (χ0v) is 16.7. The number of carbonyl (C=O) groups is 2. The number of hydrogen-bond donors (Lipinski definition) is 2. The van der Waals surface area contributed by atoms with Gasteiger partial charge in [0.25, 0.3) is 11.5 Å². The van der Waals surface area contributed by atoms with Gasteiger partial charge >= 0.3 is 5.69 Å². The summed E-state index contributed by atoms with van der Waals surface area (Å²) in [6, 6.07) is 12.4. The van der Waals surface area contributed by atoms with Gasteiger partial charge in [-0.05, 0) is 54.6 Å². The molecule has 160 valence electrons. The van der Waals surface area contributed by atoms with Crippen LogP contribution in [-0.2, 0) is 7.05 Å². The van der Waals surface area contributed by atoms with Crippen LogP contribution in [0.25, 0.3) is 16.7 Å². The number of fused-ring (bicyclic) bond motifs is 1. The van der Waals surface area contributed by atoms with Gasteiger partial charge in [0.15, 0.2) is 5.65 Å². The summed E-state index contributed by atoms with van der Waals surface area (Å²) in [6.45, 7) is 0. The highest BCUT2D eigenvalue weighted by Crippen LogP contribution is 2.16. The molecule has 0 saturated heterocycles. The zero-order valence-electron chi connectivity index (χ0n) is 16.7. The predicted octanol–water partition coefficient (Wildman–Crippen LogP) is 1.57. The molecule has 0 unspecified atom stereocenters. The van der Waals surface area contributed by atoms with E-state index in [1.54, 1.807) is 0 Å². The fraction of sp³-hybridized carbons (Fsp3) is 0.0455. The van der Waals surface area contributed by atoms with Gasteiger partial charge in [-0.1, -0.05) is 0 Å². The zero-order chi connectivity index (χ0) is 23.0. The second-order valence-electron chi connectivity index (χ2n) is 6.95. The van der Waals surface area contributed by atoms with E-state index in [1.807, 2.05) is 0 Å². The molecule has 0 spiro atoms. The summed E-state index contributed by atoms with van der Waals surface area (Å²) in [4.78, 5) is 53.4. The number of nitrogens with zero attached hydrogens (tertiary/aromatic N) is 3. The van der Waals surface area contributed by atoms with Crippen LogP contribution in [0.1, 0.15) is 20.7 Å².